The minimum Gasteiger partial charge on any atom is -0.475 e. The highest BCUT2D eigenvalue weighted by atomic mass is 35.5. The van der Waals surface area contributed by atoms with Gasteiger partial charge in [0, 0.05) is 11.4 Å². The molecule has 0 fully saturated rings. The van der Waals surface area contributed by atoms with Crippen LogP contribution in [0, 0.1) is 0 Å². The molecule has 0 aliphatic heterocycles. The lowest BCUT2D eigenvalue weighted by atomic mass is 10.0. The van der Waals surface area contributed by atoms with Crippen LogP contribution in [-0.4, -0.2) is 16.9 Å². The van der Waals surface area contributed by atoms with Crippen LogP contribution in [0.2, 0.25) is 5.02 Å². The Morgan fingerprint density at radius 3 is 2.35 bits per heavy atom. The number of carbonyl (C=O) groups excluding carboxylic acids is 1. The van der Waals surface area contributed by atoms with E-state index in [1.54, 1.807) is 0 Å². The number of carboxylic acid groups (broad SMARTS) is 1. The summed E-state index contributed by atoms with van der Waals surface area (Å²) in [5.74, 6) is -3.10. The van der Waals surface area contributed by atoms with Crippen molar-refractivity contribution in [3.63, 3.8) is 0 Å². The molecule has 0 radical (unpaired) electrons. The summed E-state index contributed by atoms with van der Waals surface area (Å²) in [6, 6.07) is 2.68. The second-order valence-corrected chi connectivity index (χ2v) is 3.64. The second-order valence-electron chi connectivity index (χ2n) is 3.20. The van der Waals surface area contributed by atoms with Gasteiger partial charge in [-0.3, -0.25) is 4.79 Å². The van der Waals surface area contributed by atoms with Gasteiger partial charge in [0.1, 0.15) is 0 Å². The first-order chi connectivity index (χ1) is 7.71. The van der Waals surface area contributed by atoms with E-state index in [1.165, 1.54) is 0 Å². The predicted molar refractivity (Wildman–Crippen MR) is 52.8 cm³/mol. The average molecular weight is 267 g/mol. The first kappa shape index (κ1) is 13.5. The molecule has 0 aliphatic carbocycles. The number of rotatable bonds is 3. The zero-order valence-electron chi connectivity index (χ0n) is 8.21. The number of hydrogen-bond donors (Lipinski definition) is 1. The lowest BCUT2D eigenvalue weighted by Gasteiger charge is -2.11. The number of carboxylic acids is 1. The Labute approximate surface area is 98.8 Å². The Balaban J connectivity index is 3.17. The zero-order valence-corrected chi connectivity index (χ0v) is 8.97. The number of carbonyl (C=O) groups is 2. The number of Topliss-reactive ketones (excluding diaryl/α,β-unsaturated/α-hetero) is 1. The fraction of sp³-hybridized carbons (Fsp3) is 0.200. The van der Waals surface area contributed by atoms with E-state index in [4.69, 9.17) is 16.7 Å². The molecule has 0 aliphatic rings. The molecule has 0 atom stereocenters. The van der Waals surface area contributed by atoms with Crippen LogP contribution in [-0.2, 0) is 22.2 Å². The maximum absolute atomic E-state index is 12.5. The van der Waals surface area contributed by atoms with Crippen molar-refractivity contribution in [3.8, 4) is 0 Å². The van der Waals surface area contributed by atoms with E-state index < -0.39 is 35.5 Å². The number of hydrogen-bond acceptors (Lipinski definition) is 2. The molecule has 1 aromatic carbocycles. The quantitative estimate of drug-likeness (QED) is 0.856. The second kappa shape index (κ2) is 4.75. The van der Waals surface area contributed by atoms with E-state index in [0.717, 1.165) is 12.1 Å². The molecule has 7 heteroatoms. The molecule has 0 aromatic heterocycles. The van der Waals surface area contributed by atoms with E-state index in [9.17, 15) is 22.8 Å². The standard InChI is InChI=1S/C10H6ClF3O3/c11-6-1-2-7(10(12,13)14)5(3-6)4-8(15)9(16)17/h1-3H,4H2,(H,16,17). The van der Waals surface area contributed by atoms with Crippen molar-refractivity contribution in [2.75, 3.05) is 0 Å². The Kier molecular flexibility index (Phi) is 3.77. The van der Waals surface area contributed by atoms with Crippen LogP contribution in [0.5, 0.6) is 0 Å². The monoisotopic (exact) mass is 266 g/mol. The smallest absolute Gasteiger partial charge is 0.416 e. The summed E-state index contributed by atoms with van der Waals surface area (Å²) in [4.78, 5) is 21.2. The normalized spacial score (nSPS) is 11.3. The summed E-state index contributed by atoms with van der Waals surface area (Å²) in [5.41, 5.74) is -1.51. The van der Waals surface area contributed by atoms with Gasteiger partial charge in [0.05, 0.1) is 5.56 Å². The van der Waals surface area contributed by atoms with Crippen molar-refractivity contribution in [2.24, 2.45) is 0 Å². The van der Waals surface area contributed by atoms with E-state index >= 15 is 0 Å². The van der Waals surface area contributed by atoms with E-state index in [1.807, 2.05) is 0 Å². The Hall–Kier alpha value is -1.56. The number of benzene rings is 1. The lowest BCUT2D eigenvalue weighted by molar-refractivity contribution is -0.149. The highest BCUT2D eigenvalue weighted by Gasteiger charge is 2.34. The fourth-order valence-corrected chi connectivity index (χ4v) is 1.43. The maximum Gasteiger partial charge on any atom is 0.416 e. The molecule has 0 heterocycles. The molecular formula is C10H6ClF3O3. The van der Waals surface area contributed by atoms with Crippen LogP contribution in [0.15, 0.2) is 18.2 Å². The van der Waals surface area contributed by atoms with Gasteiger partial charge >= 0.3 is 12.1 Å². The third kappa shape index (κ3) is 3.45. The molecular weight excluding hydrogens is 261 g/mol. The van der Waals surface area contributed by atoms with Gasteiger partial charge in [0.25, 0.3) is 0 Å². The van der Waals surface area contributed by atoms with Crippen molar-refractivity contribution in [2.45, 2.75) is 12.6 Å². The maximum atomic E-state index is 12.5. The molecule has 0 unspecified atom stereocenters. The fourth-order valence-electron chi connectivity index (χ4n) is 1.23. The van der Waals surface area contributed by atoms with Crippen LogP contribution in [0.3, 0.4) is 0 Å². The molecule has 1 N–H and O–H groups in total. The summed E-state index contributed by atoms with van der Waals surface area (Å²) in [6.07, 6.45) is -5.50. The van der Waals surface area contributed by atoms with Crippen LogP contribution in [0.4, 0.5) is 13.2 Å². The first-order valence-electron chi connectivity index (χ1n) is 4.33. The summed E-state index contributed by atoms with van der Waals surface area (Å²) in [6.45, 7) is 0. The van der Waals surface area contributed by atoms with Gasteiger partial charge in [0.2, 0.25) is 5.78 Å². The van der Waals surface area contributed by atoms with Crippen molar-refractivity contribution in [1.29, 1.82) is 0 Å². The molecule has 1 rings (SSSR count). The molecule has 0 bridgehead atoms. The van der Waals surface area contributed by atoms with Crippen molar-refractivity contribution in [3.05, 3.63) is 34.3 Å². The molecule has 0 spiro atoms. The van der Waals surface area contributed by atoms with Gasteiger partial charge in [0.15, 0.2) is 0 Å². The van der Waals surface area contributed by atoms with Gasteiger partial charge in [-0.2, -0.15) is 13.2 Å². The number of halogens is 4. The number of ketones is 1. The SMILES string of the molecule is O=C(O)C(=O)Cc1cc(Cl)ccc1C(F)(F)F. The zero-order chi connectivity index (χ0) is 13.2. The minimum absolute atomic E-state index is 0.00573. The summed E-state index contributed by atoms with van der Waals surface area (Å²) in [7, 11) is 0. The lowest BCUT2D eigenvalue weighted by Crippen LogP contribution is -2.18. The molecule has 0 amide bonds. The molecule has 1 aromatic rings. The average Bonchev–Trinajstić information content (AvgIpc) is 2.15. The van der Waals surface area contributed by atoms with Gasteiger partial charge < -0.3 is 5.11 Å². The van der Waals surface area contributed by atoms with Crippen molar-refractivity contribution >= 4 is 23.4 Å². The Morgan fingerprint density at radius 2 is 1.88 bits per heavy atom. The van der Waals surface area contributed by atoms with Crippen LogP contribution < -0.4 is 0 Å². The Morgan fingerprint density at radius 1 is 1.29 bits per heavy atom. The highest BCUT2D eigenvalue weighted by molar-refractivity contribution is 6.33. The van der Waals surface area contributed by atoms with Crippen molar-refractivity contribution in [1.82, 2.24) is 0 Å². The summed E-state index contributed by atoms with van der Waals surface area (Å²) in [5, 5.41) is 8.35. The molecule has 0 saturated carbocycles. The third-order valence-corrected chi connectivity index (χ3v) is 2.20. The Bertz CT molecular complexity index is 468. The summed E-state index contributed by atoms with van der Waals surface area (Å²) >= 11 is 5.50. The first-order valence-corrected chi connectivity index (χ1v) is 4.71. The van der Waals surface area contributed by atoms with Gasteiger partial charge in [-0.25, -0.2) is 4.79 Å². The van der Waals surface area contributed by atoms with Crippen LogP contribution >= 0.6 is 11.6 Å². The summed E-state index contributed by atoms with van der Waals surface area (Å²) < 4.78 is 37.6. The molecule has 3 nitrogen and oxygen atoms in total. The third-order valence-electron chi connectivity index (χ3n) is 1.96. The van der Waals surface area contributed by atoms with Crippen LogP contribution in [0.25, 0.3) is 0 Å². The van der Waals surface area contributed by atoms with E-state index in [0.29, 0.717) is 6.07 Å². The molecule has 92 valence electrons. The highest BCUT2D eigenvalue weighted by Crippen LogP contribution is 2.33. The van der Waals surface area contributed by atoms with E-state index in [2.05, 4.69) is 0 Å². The molecule has 0 saturated heterocycles. The topological polar surface area (TPSA) is 54.4 Å². The largest absolute Gasteiger partial charge is 0.475 e. The van der Waals surface area contributed by atoms with Gasteiger partial charge in [-0.15, -0.1) is 0 Å². The van der Waals surface area contributed by atoms with Crippen molar-refractivity contribution < 1.29 is 27.9 Å². The number of alkyl halides is 3. The minimum atomic E-state index is -4.65. The molecule has 17 heavy (non-hydrogen) atoms. The van der Waals surface area contributed by atoms with Gasteiger partial charge in [-0.1, -0.05) is 11.6 Å². The van der Waals surface area contributed by atoms with E-state index in [-0.39, 0.29) is 5.02 Å². The predicted octanol–water partition coefficient (Wildman–Crippen LogP) is 2.56. The van der Waals surface area contributed by atoms with Gasteiger partial charge in [-0.05, 0) is 23.8 Å². The number of aliphatic carboxylic acids is 1. The van der Waals surface area contributed by atoms with Crippen LogP contribution in [0.1, 0.15) is 11.1 Å².